The van der Waals surface area contributed by atoms with E-state index in [0.29, 0.717) is 26.1 Å². The summed E-state index contributed by atoms with van der Waals surface area (Å²) in [5.41, 5.74) is 0.276. The molecule has 2 rings (SSSR count). The number of unbranched alkanes of at least 4 members (excludes halogenated alkanes) is 1. The van der Waals surface area contributed by atoms with Crippen molar-refractivity contribution in [2.75, 3.05) is 26.3 Å². The predicted molar refractivity (Wildman–Crippen MR) is 95.9 cm³/mol. The van der Waals surface area contributed by atoms with Crippen molar-refractivity contribution in [2.24, 2.45) is 11.3 Å². The van der Waals surface area contributed by atoms with Crippen LogP contribution >= 0.6 is 0 Å². The van der Waals surface area contributed by atoms with E-state index < -0.39 is 11.3 Å². The van der Waals surface area contributed by atoms with Crippen molar-refractivity contribution in [1.29, 1.82) is 0 Å². The molecule has 1 unspecified atom stereocenters. The fraction of sp³-hybridized carbons (Fsp3) is 0.600. The average molecular weight is 347 g/mol. The lowest BCUT2D eigenvalue weighted by atomic mass is 9.78. The molecule has 1 heterocycles. The van der Waals surface area contributed by atoms with Gasteiger partial charge in [-0.15, -0.1) is 0 Å². The maximum Gasteiger partial charge on any atom is 0.314 e. The Morgan fingerprint density at radius 3 is 2.72 bits per heavy atom. The van der Waals surface area contributed by atoms with Crippen LogP contribution in [0.25, 0.3) is 0 Å². The Hall–Kier alpha value is -1.88. The van der Waals surface area contributed by atoms with Crippen LogP contribution < -0.4 is 0 Å². The van der Waals surface area contributed by atoms with Crippen LogP contribution in [0.4, 0.5) is 0 Å². The zero-order valence-corrected chi connectivity index (χ0v) is 15.2. The number of esters is 1. The largest absolute Gasteiger partial charge is 0.465 e. The predicted octanol–water partition coefficient (Wildman–Crippen LogP) is 2.42. The normalized spacial score (nSPS) is 23.1. The minimum atomic E-state index is -0.885. The Kier molecular flexibility index (Phi) is 7.00. The van der Waals surface area contributed by atoms with Crippen LogP contribution in [-0.2, 0) is 20.7 Å². The van der Waals surface area contributed by atoms with Gasteiger partial charge in [0.05, 0.1) is 17.9 Å². The van der Waals surface area contributed by atoms with Gasteiger partial charge in [0.25, 0.3) is 0 Å². The number of aliphatic hydroxyl groups excluding tert-OH is 1. The molecule has 1 aromatic rings. The third kappa shape index (κ3) is 4.60. The van der Waals surface area contributed by atoms with E-state index in [0.717, 1.165) is 24.8 Å². The van der Waals surface area contributed by atoms with Gasteiger partial charge in [0, 0.05) is 19.7 Å². The number of ether oxygens (including phenoxy) is 1. The highest BCUT2D eigenvalue weighted by atomic mass is 16.5. The SMILES string of the molecule is CCCCOC(=O)[C@]1(C)CN(CCc2ccccc2)C(=O)C1CCO. The van der Waals surface area contributed by atoms with Gasteiger partial charge in [0.1, 0.15) is 0 Å². The number of hydrogen-bond donors (Lipinski definition) is 1. The first-order valence-corrected chi connectivity index (χ1v) is 9.13. The minimum absolute atomic E-state index is 0.0556. The molecule has 1 aliphatic rings. The Morgan fingerprint density at radius 2 is 2.08 bits per heavy atom. The van der Waals surface area contributed by atoms with Gasteiger partial charge >= 0.3 is 5.97 Å². The summed E-state index contributed by atoms with van der Waals surface area (Å²) in [5.74, 6) is -0.891. The molecule has 0 aromatic heterocycles. The highest BCUT2D eigenvalue weighted by molar-refractivity contribution is 5.91. The number of hydrogen-bond acceptors (Lipinski definition) is 4. The molecule has 1 amide bonds. The third-order valence-corrected chi connectivity index (χ3v) is 5.03. The molecular formula is C20H29NO4. The van der Waals surface area contributed by atoms with Crippen molar-refractivity contribution >= 4 is 11.9 Å². The Morgan fingerprint density at radius 1 is 1.36 bits per heavy atom. The number of nitrogens with zero attached hydrogens (tertiary/aromatic N) is 1. The Labute approximate surface area is 150 Å². The molecule has 1 aliphatic heterocycles. The lowest BCUT2D eigenvalue weighted by Gasteiger charge is -2.26. The summed E-state index contributed by atoms with van der Waals surface area (Å²) >= 11 is 0. The summed E-state index contributed by atoms with van der Waals surface area (Å²) in [6.07, 6.45) is 2.81. The van der Waals surface area contributed by atoms with E-state index in [1.807, 2.05) is 37.3 Å². The van der Waals surface area contributed by atoms with E-state index in [1.165, 1.54) is 0 Å². The van der Waals surface area contributed by atoms with Gasteiger partial charge in [-0.05, 0) is 31.7 Å². The van der Waals surface area contributed by atoms with Gasteiger partial charge in [-0.1, -0.05) is 43.7 Å². The number of likely N-dealkylation sites (tertiary alicyclic amines) is 1. The van der Waals surface area contributed by atoms with Crippen molar-refractivity contribution in [1.82, 2.24) is 4.90 Å². The first kappa shape index (κ1) is 19.4. The van der Waals surface area contributed by atoms with Crippen LogP contribution in [0, 0.1) is 11.3 Å². The summed E-state index contributed by atoms with van der Waals surface area (Å²) in [5, 5.41) is 9.34. The molecule has 0 spiro atoms. The molecule has 1 N–H and O–H groups in total. The fourth-order valence-electron chi connectivity index (χ4n) is 3.43. The van der Waals surface area contributed by atoms with Gasteiger partial charge in [-0.2, -0.15) is 0 Å². The average Bonchev–Trinajstić information content (AvgIpc) is 2.87. The maximum atomic E-state index is 12.8. The van der Waals surface area contributed by atoms with Gasteiger partial charge < -0.3 is 14.7 Å². The summed E-state index contributed by atoms with van der Waals surface area (Å²) < 4.78 is 5.41. The van der Waals surface area contributed by atoms with E-state index >= 15 is 0 Å². The van der Waals surface area contributed by atoms with E-state index in [9.17, 15) is 14.7 Å². The standard InChI is InChI=1S/C20H29NO4/c1-3-4-14-25-19(24)20(2)15-21(18(23)17(20)11-13-22)12-10-16-8-6-5-7-9-16/h5-9,17,22H,3-4,10-15H2,1-2H3/t17?,20-/m1/s1. The van der Waals surface area contributed by atoms with Gasteiger partial charge in [-0.3, -0.25) is 9.59 Å². The quantitative estimate of drug-likeness (QED) is 0.550. The molecule has 0 bridgehead atoms. The number of rotatable bonds is 9. The Balaban J connectivity index is 2.05. The van der Waals surface area contributed by atoms with E-state index in [2.05, 4.69) is 0 Å². The van der Waals surface area contributed by atoms with E-state index in [1.54, 1.807) is 11.8 Å². The van der Waals surface area contributed by atoms with Crippen LogP contribution in [0.2, 0.25) is 0 Å². The van der Waals surface area contributed by atoms with Crippen molar-refractivity contribution in [3.05, 3.63) is 35.9 Å². The molecule has 5 heteroatoms. The smallest absolute Gasteiger partial charge is 0.314 e. The van der Waals surface area contributed by atoms with Crippen LogP contribution in [0.3, 0.4) is 0 Å². The lowest BCUT2D eigenvalue weighted by Crippen LogP contribution is -2.38. The molecule has 2 atom stereocenters. The maximum absolute atomic E-state index is 12.8. The van der Waals surface area contributed by atoms with Crippen LogP contribution in [0.1, 0.15) is 38.7 Å². The molecule has 1 aromatic carbocycles. The molecule has 1 saturated heterocycles. The highest BCUT2D eigenvalue weighted by Crippen LogP contribution is 2.40. The molecule has 25 heavy (non-hydrogen) atoms. The fourth-order valence-corrected chi connectivity index (χ4v) is 3.43. The monoisotopic (exact) mass is 347 g/mol. The molecule has 0 aliphatic carbocycles. The summed E-state index contributed by atoms with van der Waals surface area (Å²) in [7, 11) is 0. The number of carbonyl (C=O) groups is 2. The second-order valence-electron chi connectivity index (χ2n) is 6.97. The van der Waals surface area contributed by atoms with E-state index in [-0.39, 0.29) is 18.5 Å². The van der Waals surface area contributed by atoms with Crippen molar-refractivity contribution in [2.45, 2.75) is 39.5 Å². The lowest BCUT2D eigenvalue weighted by molar-refractivity contribution is -0.158. The first-order chi connectivity index (χ1) is 12.0. The Bertz CT molecular complexity index is 574. The number of benzene rings is 1. The molecule has 138 valence electrons. The molecule has 0 saturated carbocycles. The van der Waals surface area contributed by atoms with Gasteiger partial charge in [0.2, 0.25) is 5.91 Å². The summed E-state index contributed by atoms with van der Waals surface area (Å²) in [6.45, 7) is 5.03. The summed E-state index contributed by atoms with van der Waals surface area (Å²) in [4.78, 5) is 27.1. The van der Waals surface area contributed by atoms with E-state index in [4.69, 9.17) is 4.74 Å². The highest BCUT2D eigenvalue weighted by Gasteiger charge is 2.54. The first-order valence-electron chi connectivity index (χ1n) is 9.13. The zero-order chi connectivity index (χ0) is 18.3. The summed E-state index contributed by atoms with van der Waals surface area (Å²) in [6, 6.07) is 9.98. The van der Waals surface area contributed by atoms with Gasteiger partial charge in [0.15, 0.2) is 0 Å². The van der Waals surface area contributed by atoms with Crippen molar-refractivity contribution < 1.29 is 19.4 Å². The number of carbonyl (C=O) groups excluding carboxylic acids is 2. The van der Waals surface area contributed by atoms with Gasteiger partial charge in [-0.25, -0.2) is 0 Å². The second-order valence-corrected chi connectivity index (χ2v) is 6.97. The zero-order valence-electron chi connectivity index (χ0n) is 15.2. The molecule has 5 nitrogen and oxygen atoms in total. The van der Waals surface area contributed by atoms with Crippen LogP contribution in [0.5, 0.6) is 0 Å². The molecule has 0 radical (unpaired) electrons. The van der Waals surface area contributed by atoms with Crippen LogP contribution in [-0.4, -0.2) is 48.2 Å². The minimum Gasteiger partial charge on any atom is -0.465 e. The third-order valence-electron chi connectivity index (χ3n) is 5.03. The second kappa shape index (κ2) is 8.99. The van der Waals surface area contributed by atoms with Crippen molar-refractivity contribution in [3.63, 3.8) is 0 Å². The number of aliphatic hydroxyl groups is 1. The van der Waals surface area contributed by atoms with Crippen molar-refractivity contribution in [3.8, 4) is 0 Å². The number of amides is 1. The topological polar surface area (TPSA) is 66.8 Å². The molecule has 1 fully saturated rings. The molecular weight excluding hydrogens is 318 g/mol. The van der Waals surface area contributed by atoms with Crippen LogP contribution in [0.15, 0.2) is 30.3 Å².